The molecular formula is C13H22N2O. The van der Waals surface area contributed by atoms with E-state index in [1.807, 2.05) is 0 Å². The van der Waals surface area contributed by atoms with Crippen molar-refractivity contribution in [1.29, 1.82) is 0 Å². The highest BCUT2D eigenvalue weighted by Gasteiger charge is 2.46. The second kappa shape index (κ2) is 4.36. The molecule has 0 aromatic heterocycles. The lowest BCUT2D eigenvalue weighted by molar-refractivity contribution is -0.131. The van der Waals surface area contributed by atoms with E-state index in [0.29, 0.717) is 5.91 Å². The Balaban J connectivity index is 1.39. The molecule has 2 saturated heterocycles. The summed E-state index contributed by atoms with van der Waals surface area (Å²) >= 11 is 0. The molecule has 2 heterocycles. The summed E-state index contributed by atoms with van der Waals surface area (Å²) in [5, 5.41) is 0. The summed E-state index contributed by atoms with van der Waals surface area (Å²) in [5.74, 6) is 2.15. The van der Waals surface area contributed by atoms with Crippen molar-refractivity contribution in [2.45, 2.75) is 32.1 Å². The third-order valence-electron chi connectivity index (χ3n) is 4.42. The van der Waals surface area contributed by atoms with Crippen LogP contribution in [0.4, 0.5) is 0 Å². The summed E-state index contributed by atoms with van der Waals surface area (Å²) in [5.41, 5.74) is 0. The third-order valence-corrected chi connectivity index (χ3v) is 4.42. The third kappa shape index (κ3) is 2.24. The lowest BCUT2D eigenvalue weighted by atomic mass is 10.1. The monoisotopic (exact) mass is 222 g/mol. The Morgan fingerprint density at radius 1 is 1.06 bits per heavy atom. The van der Waals surface area contributed by atoms with Gasteiger partial charge in [-0.05, 0) is 44.2 Å². The Labute approximate surface area is 97.8 Å². The molecule has 3 fully saturated rings. The van der Waals surface area contributed by atoms with Gasteiger partial charge in [-0.25, -0.2) is 0 Å². The molecule has 2 atom stereocenters. The molecule has 0 spiro atoms. The van der Waals surface area contributed by atoms with E-state index in [1.165, 1.54) is 38.8 Å². The molecule has 2 aliphatic heterocycles. The van der Waals surface area contributed by atoms with Crippen LogP contribution in [-0.4, -0.2) is 48.4 Å². The molecule has 3 nitrogen and oxygen atoms in total. The van der Waals surface area contributed by atoms with E-state index >= 15 is 0 Å². The lowest BCUT2D eigenvalue weighted by Gasteiger charge is -2.27. The smallest absolute Gasteiger partial charge is 0.223 e. The van der Waals surface area contributed by atoms with E-state index in [2.05, 4.69) is 9.80 Å². The van der Waals surface area contributed by atoms with Crippen molar-refractivity contribution in [3.63, 3.8) is 0 Å². The Bertz CT molecular complexity index is 263. The quantitative estimate of drug-likeness (QED) is 0.719. The van der Waals surface area contributed by atoms with E-state index in [4.69, 9.17) is 0 Å². The zero-order valence-electron chi connectivity index (χ0n) is 10.0. The number of piperidine rings is 2. The van der Waals surface area contributed by atoms with Gasteiger partial charge in [0.05, 0.1) is 0 Å². The molecule has 1 amide bonds. The van der Waals surface area contributed by atoms with Crippen LogP contribution in [0.5, 0.6) is 0 Å². The van der Waals surface area contributed by atoms with Crippen LogP contribution in [0.1, 0.15) is 32.1 Å². The van der Waals surface area contributed by atoms with Crippen LogP contribution in [0, 0.1) is 11.8 Å². The second-order valence-corrected chi connectivity index (χ2v) is 5.71. The molecule has 3 aliphatic rings. The summed E-state index contributed by atoms with van der Waals surface area (Å²) in [6.45, 7) is 5.52. The van der Waals surface area contributed by atoms with Crippen molar-refractivity contribution < 1.29 is 4.79 Å². The summed E-state index contributed by atoms with van der Waals surface area (Å²) in [7, 11) is 0. The van der Waals surface area contributed by atoms with Gasteiger partial charge in [0.2, 0.25) is 5.91 Å². The van der Waals surface area contributed by atoms with E-state index in [0.717, 1.165) is 37.9 Å². The van der Waals surface area contributed by atoms with Crippen LogP contribution in [-0.2, 0) is 4.79 Å². The summed E-state index contributed by atoms with van der Waals surface area (Å²) in [6.07, 6.45) is 6.15. The zero-order chi connectivity index (χ0) is 11.0. The average molecular weight is 222 g/mol. The van der Waals surface area contributed by atoms with Crippen molar-refractivity contribution >= 4 is 5.91 Å². The SMILES string of the molecule is O=C(CCN1CCCCC1)N1CC2CC2C1. The number of amides is 1. The Morgan fingerprint density at radius 3 is 2.44 bits per heavy atom. The number of hydrogen-bond acceptors (Lipinski definition) is 2. The van der Waals surface area contributed by atoms with Crippen LogP contribution in [0.2, 0.25) is 0 Å². The maximum atomic E-state index is 12.0. The van der Waals surface area contributed by atoms with Gasteiger partial charge in [-0.15, -0.1) is 0 Å². The van der Waals surface area contributed by atoms with Crippen molar-refractivity contribution in [1.82, 2.24) is 9.80 Å². The van der Waals surface area contributed by atoms with Crippen molar-refractivity contribution in [3.8, 4) is 0 Å². The second-order valence-electron chi connectivity index (χ2n) is 5.71. The maximum Gasteiger partial charge on any atom is 0.223 e. The molecule has 3 rings (SSSR count). The molecule has 90 valence electrons. The molecule has 1 saturated carbocycles. The molecule has 16 heavy (non-hydrogen) atoms. The highest BCUT2D eigenvalue weighted by atomic mass is 16.2. The number of nitrogens with zero attached hydrogens (tertiary/aromatic N) is 2. The fourth-order valence-corrected chi connectivity index (χ4v) is 3.20. The zero-order valence-corrected chi connectivity index (χ0v) is 10.0. The summed E-state index contributed by atoms with van der Waals surface area (Å²) in [4.78, 5) is 16.5. The van der Waals surface area contributed by atoms with Crippen LogP contribution in [0.3, 0.4) is 0 Å². The van der Waals surface area contributed by atoms with Gasteiger partial charge in [0.15, 0.2) is 0 Å². The molecule has 0 bridgehead atoms. The fourth-order valence-electron chi connectivity index (χ4n) is 3.20. The van der Waals surface area contributed by atoms with Crippen LogP contribution in [0.15, 0.2) is 0 Å². The predicted molar refractivity (Wildman–Crippen MR) is 63.1 cm³/mol. The fraction of sp³-hybridized carbons (Fsp3) is 0.923. The number of carbonyl (C=O) groups is 1. The van der Waals surface area contributed by atoms with E-state index in [-0.39, 0.29) is 0 Å². The lowest BCUT2D eigenvalue weighted by Crippen LogP contribution is -2.36. The van der Waals surface area contributed by atoms with Gasteiger partial charge < -0.3 is 9.80 Å². The number of rotatable bonds is 3. The van der Waals surface area contributed by atoms with E-state index < -0.39 is 0 Å². The van der Waals surface area contributed by atoms with Crippen molar-refractivity contribution in [3.05, 3.63) is 0 Å². The largest absolute Gasteiger partial charge is 0.342 e. The van der Waals surface area contributed by atoms with Crippen molar-refractivity contribution in [2.24, 2.45) is 11.8 Å². The average Bonchev–Trinajstić information content (AvgIpc) is 2.94. The number of hydrogen-bond donors (Lipinski definition) is 0. The first-order valence-corrected chi connectivity index (χ1v) is 6.83. The maximum absolute atomic E-state index is 12.0. The molecule has 0 aromatic rings. The molecule has 1 aliphatic carbocycles. The van der Waals surface area contributed by atoms with Gasteiger partial charge in [-0.2, -0.15) is 0 Å². The molecule has 0 radical (unpaired) electrons. The van der Waals surface area contributed by atoms with Gasteiger partial charge >= 0.3 is 0 Å². The number of carbonyl (C=O) groups excluding carboxylic acids is 1. The van der Waals surface area contributed by atoms with Gasteiger partial charge in [-0.1, -0.05) is 6.42 Å². The van der Waals surface area contributed by atoms with E-state index in [1.54, 1.807) is 0 Å². The first-order valence-electron chi connectivity index (χ1n) is 6.83. The number of fused-ring (bicyclic) bond motifs is 1. The van der Waals surface area contributed by atoms with Gasteiger partial charge in [0.25, 0.3) is 0 Å². The van der Waals surface area contributed by atoms with E-state index in [9.17, 15) is 4.79 Å². The minimum Gasteiger partial charge on any atom is -0.342 e. The molecule has 2 unspecified atom stereocenters. The Morgan fingerprint density at radius 2 is 1.75 bits per heavy atom. The Kier molecular flexibility index (Phi) is 2.88. The van der Waals surface area contributed by atoms with Crippen LogP contribution in [0.25, 0.3) is 0 Å². The standard InChI is InChI=1S/C13H22N2O/c16-13(15-9-11-8-12(11)10-15)4-7-14-5-2-1-3-6-14/h11-12H,1-10H2. The van der Waals surface area contributed by atoms with Crippen LogP contribution < -0.4 is 0 Å². The highest BCUT2D eigenvalue weighted by Crippen LogP contribution is 2.44. The predicted octanol–water partition coefficient (Wildman–Crippen LogP) is 1.34. The van der Waals surface area contributed by atoms with Gasteiger partial charge in [0, 0.05) is 26.1 Å². The summed E-state index contributed by atoms with van der Waals surface area (Å²) in [6, 6.07) is 0. The van der Waals surface area contributed by atoms with Crippen LogP contribution >= 0.6 is 0 Å². The molecule has 0 aromatic carbocycles. The minimum absolute atomic E-state index is 0.401. The molecular weight excluding hydrogens is 200 g/mol. The van der Waals surface area contributed by atoms with Gasteiger partial charge in [0.1, 0.15) is 0 Å². The molecule has 0 N–H and O–H groups in total. The minimum atomic E-state index is 0.401. The number of likely N-dealkylation sites (tertiary alicyclic amines) is 2. The van der Waals surface area contributed by atoms with Crippen molar-refractivity contribution in [2.75, 3.05) is 32.7 Å². The first-order chi connectivity index (χ1) is 7.83. The normalized spacial score (nSPS) is 33.9. The van der Waals surface area contributed by atoms with Gasteiger partial charge in [-0.3, -0.25) is 4.79 Å². The topological polar surface area (TPSA) is 23.6 Å². The highest BCUT2D eigenvalue weighted by molar-refractivity contribution is 5.76. The Hall–Kier alpha value is -0.570. The first kappa shape index (κ1) is 10.6. The summed E-state index contributed by atoms with van der Waals surface area (Å²) < 4.78 is 0. The molecule has 3 heteroatoms.